The quantitative estimate of drug-likeness (QED) is 0.557. The van der Waals surface area contributed by atoms with E-state index in [0.717, 1.165) is 47.5 Å². The number of rotatable bonds is 7. The molecule has 3 aromatic rings. The number of nitrogens with one attached hydrogen (secondary N) is 2. The van der Waals surface area contributed by atoms with Crippen LogP contribution in [0.1, 0.15) is 36.7 Å². The molecule has 1 saturated heterocycles. The molecule has 0 bridgehead atoms. The van der Waals surface area contributed by atoms with Gasteiger partial charge in [0, 0.05) is 24.4 Å². The molecule has 1 aliphatic rings. The Morgan fingerprint density at radius 2 is 2.00 bits per heavy atom. The van der Waals surface area contributed by atoms with Crippen LogP contribution in [-0.2, 0) is 9.59 Å². The number of benzene rings is 2. The number of fused-ring (bicyclic) bond motifs is 1. The van der Waals surface area contributed by atoms with Crippen molar-refractivity contribution in [3.63, 3.8) is 0 Å². The monoisotopic (exact) mass is 422 g/mol. The molecule has 2 aromatic carbocycles. The second kappa shape index (κ2) is 9.34. The van der Waals surface area contributed by atoms with Gasteiger partial charge in [0.2, 0.25) is 11.8 Å². The molecule has 0 saturated carbocycles. The summed E-state index contributed by atoms with van der Waals surface area (Å²) in [6.45, 7) is 2.77. The molecule has 1 fully saturated rings. The van der Waals surface area contributed by atoms with Gasteiger partial charge in [-0.2, -0.15) is 11.8 Å². The number of anilines is 1. The van der Waals surface area contributed by atoms with Crippen LogP contribution in [0.2, 0.25) is 0 Å². The predicted octanol–water partition coefficient (Wildman–Crippen LogP) is 4.30. The average Bonchev–Trinajstić information content (AvgIpc) is 3.39. The number of likely N-dealkylation sites (tertiary alicyclic amines) is 1. The summed E-state index contributed by atoms with van der Waals surface area (Å²) in [4.78, 5) is 34.9. The van der Waals surface area contributed by atoms with Crippen LogP contribution in [0.3, 0.4) is 0 Å². The number of hydrogen-bond donors (Lipinski definition) is 2. The van der Waals surface area contributed by atoms with E-state index in [1.807, 2.05) is 60.4 Å². The summed E-state index contributed by atoms with van der Waals surface area (Å²) in [5, 5.41) is 2.89. The first-order valence-corrected chi connectivity index (χ1v) is 11.4. The molecule has 1 aromatic heterocycles. The number of imidazole rings is 1. The summed E-state index contributed by atoms with van der Waals surface area (Å²) in [7, 11) is 0. The third-order valence-corrected chi connectivity index (χ3v) is 6.28. The van der Waals surface area contributed by atoms with E-state index in [1.54, 1.807) is 0 Å². The zero-order valence-corrected chi connectivity index (χ0v) is 17.9. The van der Waals surface area contributed by atoms with E-state index in [4.69, 9.17) is 0 Å². The minimum atomic E-state index is -0.0439. The molecule has 0 aliphatic carbocycles. The van der Waals surface area contributed by atoms with E-state index in [0.29, 0.717) is 17.9 Å². The predicted molar refractivity (Wildman–Crippen MR) is 122 cm³/mol. The van der Waals surface area contributed by atoms with Gasteiger partial charge in [-0.15, -0.1) is 0 Å². The number of H-pyrrole nitrogens is 1. The largest absolute Gasteiger partial charge is 0.340 e. The van der Waals surface area contributed by atoms with Gasteiger partial charge in [-0.25, -0.2) is 4.98 Å². The van der Waals surface area contributed by atoms with Crippen molar-refractivity contribution in [2.24, 2.45) is 0 Å². The van der Waals surface area contributed by atoms with Gasteiger partial charge in [-0.3, -0.25) is 9.59 Å². The van der Waals surface area contributed by atoms with E-state index < -0.39 is 0 Å². The van der Waals surface area contributed by atoms with Crippen molar-refractivity contribution in [2.75, 3.05) is 23.4 Å². The van der Waals surface area contributed by atoms with Crippen molar-refractivity contribution in [3.8, 4) is 0 Å². The Balaban J connectivity index is 1.25. The Kier molecular flexibility index (Phi) is 6.38. The molecule has 2 N–H and O–H groups in total. The Labute approximate surface area is 180 Å². The summed E-state index contributed by atoms with van der Waals surface area (Å²) < 4.78 is 0. The molecular weight excluding hydrogens is 396 g/mol. The molecule has 1 aliphatic heterocycles. The number of aromatic nitrogens is 2. The summed E-state index contributed by atoms with van der Waals surface area (Å²) in [5.41, 5.74) is 3.89. The second-order valence-corrected chi connectivity index (χ2v) is 8.71. The number of nitrogens with zero attached hydrogens (tertiary/aromatic N) is 2. The summed E-state index contributed by atoms with van der Waals surface area (Å²) in [5.74, 6) is 1.92. The molecule has 0 radical (unpaired) electrons. The van der Waals surface area contributed by atoms with E-state index >= 15 is 0 Å². The number of aryl methyl sites for hydroxylation is 1. The smallest absolute Gasteiger partial charge is 0.234 e. The molecule has 1 atom stereocenters. The highest BCUT2D eigenvalue weighted by atomic mass is 32.2. The summed E-state index contributed by atoms with van der Waals surface area (Å²) >= 11 is 1.49. The summed E-state index contributed by atoms with van der Waals surface area (Å²) in [6, 6.07) is 15.7. The maximum Gasteiger partial charge on any atom is 0.234 e. The standard InChI is InChI=1S/C23H26N4O2S/c1-16-8-10-17(11-9-16)24-21(28)15-30-14-12-22(29)27-13-4-7-20(27)23-25-18-5-2-3-6-19(18)26-23/h2-3,5-6,8-11,20H,4,7,12-15H2,1H3,(H,24,28)(H,25,26). The molecule has 2 heterocycles. The van der Waals surface area contributed by atoms with E-state index in [-0.39, 0.29) is 17.9 Å². The lowest BCUT2D eigenvalue weighted by atomic mass is 10.2. The first-order chi connectivity index (χ1) is 14.6. The van der Waals surface area contributed by atoms with Crippen LogP contribution in [0.4, 0.5) is 5.69 Å². The Morgan fingerprint density at radius 3 is 2.80 bits per heavy atom. The van der Waals surface area contributed by atoms with Crippen LogP contribution < -0.4 is 5.32 Å². The number of thioether (sulfide) groups is 1. The average molecular weight is 423 g/mol. The van der Waals surface area contributed by atoms with Gasteiger partial charge >= 0.3 is 0 Å². The lowest BCUT2D eigenvalue weighted by molar-refractivity contribution is -0.131. The summed E-state index contributed by atoms with van der Waals surface area (Å²) in [6.07, 6.45) is 2.34. The topological polar surface area (TPSA) is 78.1 Å². The lowest BCUT2D eigenvalue weighted by Crippen LogP contribution is -2.31. The fraction of sp³-hybridized carbons (Fsp3) is 0.348. The highest BCUT2D eigenvalue weighted by molar-refractivity contribution is 7.99. The van der Waals surface area contributed by atoms with Crippen LogP contribution in [0, 0.1) is 6.92 Å². The second-order valence-electron chi connectivity index (χ2n) is 7.60. The van der Waals surface area contributed by atoms with Crippen molar-refractivity contribution in [2.45, 2.75) is 32.2 Å². The van der Waals surface area contributed by atoms with Crippen LogP contribution in [-0.4, -0.2) is 44.7 Å². The normalized spacial score (nSPS) is 16.2. The number of aromatic amines is 1. The zero-order valence-electron chi connectivity index (χ0n) is 17.1. The van der Waals surface area contributed by atoms with Crippen molar-refractivity contribution in [3.05, 3.63) is 59.9 Å². The maximum atomic E-state index is 12.8. The van der Waals surface area contributed by atoms with E-state index in [2.05, 4.69) is 15.3 Å². The van der Waals surface area contributed by atoms with Gasteiger partial charge in [0.25, 0.3) is 0 Å². The van der Waals surface area contributed by atoms with E-state index in [9.17, 15) is 9.59 Å². The lowest BCUT2D eigenvalue weighted by Gasteiger charge is -2.23. The third kappa shape index (κ3) is 4.84. The molecule has 1 unspecified atom stereocenters. The molecule has 0 spiro atoms. The highest BCUT2D eigenvalue weighted by Crippen LogP contribution is 2.32. The Bertz CT molecular complexity index is 998. The number of carbonyl (C=O) groups excluding carboxylic acids is 2. The van der Waals surface area contributed by atoms with Crippen molar-refractivity contribution in [1.29, 1.82) is 0 Å². The fourth-order valence-corrected chi connectivity index (χ4v) is 4.50. The van der Waals surface area contributed by atoms with Gasteiger partial charge in [0.1, 0.15) is 5.82 Å². The molecule has 4 rings (SSSR count). The maximum absolute atomic E-state index is 12.8. The van der Waals surface area contributed by atoms with Gasteiger partial charge in [0.15, 0.2) is 0 Å². The fourth-order valence-electron chi connectivity index (χ4n) is 3.78. The third-order valence-electron chi connectivity index (χ3n) is 5.33. The Morgan fingerprint density at radius 1 is 1.20 bits per heavy atom. The molecule has 2 amide bonds. The highest BCUT2D eigenvalue weighted by Gasteiger charge is 2.31. The zero-order chi connectivity index (χ0) is 20.9. The van der Waals surface area contributed by atoms with Crippen LogP contribution in [0.25, 0.3) is 11.0 Å². The van der Waals surface area contributed by atoms with Gasteiger partial charge < -0.3 is 15.2 Å². The first-order valence-electron chi connectivity index (χ1n) is 10.3. The SMILES string of the molecule is Cc1ccc(NC(=O)CSCCC(=O)N2CCCC2c2nc3ccccc3[nH]2)cc1. The molecule has 156 valence electrons. The molecule has 7 heteroatoms. The first kappa shape index (κ1) is 20.5. The van der Waals surface area contributed by atoms with Crippen LogP contribution in [0.5, 0.6) is 0 Å². The number of hydrogen-bond acceptors (Lipinski definition) is 4. The van der Waals surface area contributed by atoms with Crippen molar-refractivity contribution >= 4 is 40.3 Å². The van der Waals surface area contributed by atoms with Crippen molar-refractivity contribution < 1.29 is 9.59 Å². The minimum Gasteiger partial charge on any atom is -0.340 e. The molecular formula is C23H26N4O2S. The molecule has 6 nitrogen and oxygen atoms in total. The molecule has 30 heavy (non-hydrogen) atoms. The van der Waals surface area contributed by atoms with Gasteiger partial charge in [-0.1, -0.05) is 29.8 Å². The number of carbonyl (C=O) groups is 2. The van der Waals surface area contributed by atoms with Crippen LogP contribution >= 0.6 is 11.8 Å². The number of para-hydroxylation sites is 2. The Hall–Kier alpha value is -2.80. The van der Waals surface area contributed by atoms with Crippen molar-refractivity contribution in [1.82, 2.24) is 14.9 Å². The van der Waals surface area contributed by atoms with E-state index in [1.165, 1.54) is 11.8 Å². The number of amides is 2. The van der Waals surface area contributed by atoms with Gasteiger partial charge in [-0.05, 0) is 44.0 Å². The van der Waals surface area contributed by atoms with Crippen LogP contribution in [0.15, 0.2) is 48.5 Å². The minimum absolute atomic E-state index is 0.0136. The van der Waals surface area contributed by atoms with Gasteiger partial charge in [0.05, 0.1) is 22.8 Å².